The molecule has 0 aromatic carbocycles. The van der Waals surface area contributed by atoms with Gasteiger partial charge in [-0.2, -0.15) is 0 Å². The summed E-state index contributed by atoms with van der Waals surface area (Å²) >= 11 is 5.60. The van der Waals surface area contributed by atoms with Gasteiger partial charge in [-0.3, -0.25) is 14.3 Å². The van der Waals surface area contributed by atoms with Gasteiger partial charge in [-0.1, -0.05) is 11.6 Å². The molecular weight excluding hydrogens is 232 g/mol. The predicted molar refractivity (Wildman–Crippen MR) is 60.0 cm³/mol. The average Bonchev–Trinajstić information content (AvgIpc) is 2.15. The third-order valence-electron chi connectivity index (χ3n) is 2.76. The van der Waals surface area contributed by atoms with Crippen LogP contribution in [0.25, 0.3) is 0 Å². The monoisotopic (exact) mass is 244 g/mol. The fraction of sp³-hybridized carbons (Fsp3) is 0.600. The van der Waals surface area contributed by atoms with Crippen molar-refractivity contribution in [2.75, 3.05) is 6.61 Å². The van der Waals surface area contributed by atoms with E-state index in [2.05, 4.69) is 4.98 Å². The minimum Gasteiger partial charge on any atom is -0.378 e. The Balaban J connectivity index is 2.40. The molecule has 1 aliphatic heterocycles. The SMILES string of the molecule is CC1CC(n2c(=O)cc(Cl)[nH]c2=O)CCO1. The van der Waals surface area contributed by atoms with Crippen molar-refractivity contribution in [1.82, 2.24) is 9.55 Å². The summed E-state index contributed by atoms with van der Waals surface area (Å²) in [5, 5.41) is 0.0753. The molecule has 16 heavy (non-hydrogen) atoms. The zero-order chi connectivity index (χ0) is 11.7. The van der Waals surface area contributed by atoms with E-state index in [1.807, 2.05) is 6.92 Å². The summed E-state index contributed by atoms with van der Waals surface area (Å²) in [6, 6.07) is 1.13. The van der Waals surface area contributed by atoms with Crippen LogP contribution in [0.1, 0.15) is 25.8 Å². The Morgan fingerprint density at radius 2 is 2.31 bits per heavy atom. The highest BCUT2D eigenvalue weighted by Gasteiger charge is 2.23. The average molecular weight is 245 g/mol. The summed E-state index contributed by atoms with van der Waals surface area (Å²) in [4.78, 5) is 25.8. The van der Waals surface area contributed by atoms with E-state index in [-0.39, 0.29) is 22.9 Å². The summed E-state index contributed by atoms with van der Waals surface area (Å²) in [6.07, 6.45) is 1.42. The van der Waals surface area contributed by atoms with E-state index in [0.29, 0.717) is 19.4 Å². The van der Waals surface area contributed by atoms with Gasteiger partial charge in [0.05, 0.1) is 6.10 Å². The first kappa shape index (κ1) is 11.4. The second kappa shape index (κ2) is 4.43. The fourth-order valence-corrected chi connectivity index (χ4v) is 2.21. The number of ether oxygens (including phenoxy) is 1. The van der Waals surface area contributed by atoms with Crippen molar-refractivity contribution in [3.05, 3.63) is 32.1 Å². The molecule has 0 saturated carbocycles. The lowest BCUT2D eigenvalue weighted by molar-refractivity contribution is 0.00441. The standard InChI is InChI=1S/C10H13ClN2O3/c1-6-4-7(2-3-16-6)13-9(14)5-8(11)12-10(13)15/h5-7H,2-4H2,1H3,(H,12,15). The zero-order valence-corrected chi connectivity index (χ0v) is 9.66. The second-order valence-corrected chi connectivity index (χ2v) is 4.40. The molecule has 0 radical (unpaired) electrons. The van der Waals surface area contributed by atoms with Gasteiger partial charge in [0.1, 0.15) is 5.15 Å². The Labute approximate surface area is 97.0 Å². The quantitative estimate of drug-likeness (QED) is 0.748. The molecule has 1 aliphatic rings. The molecule has 0 bridgehead atoms. The smallest absolute Gasteiger partial charge is 0.329 e. The van der Waals surface area contributed by atoms with E-state index in [0.717, 1.165) is 0 Å². The number of nitrogens with zero attached hydrogens (tertiary/aromatic N) is 1. The molecule has 1 fully saturated rings. The number of rotatable bonds is 1. The van der Waals surface area contributed by atoms with Gasteiger partial charge in [-0.15, -0.1) is 0 Å². The van der Waals surface area contributed by atoms with Crippen molar-refractivity contribution < 1.29 is 4.74 Å². The van der Waals surface area contributed by atoms with Crippen molar-refractivity contribution in [3.8, 4) is 0 Å². The first-order chi connectivity index (χ1) is 7.58. The van der Waals surface area contributed by atoms with E-state index < -0.39 is 5.69 Å². The number of hydrogen-bond donors (Lipinski definition) is 1. The molecule has 2 heterocycles. The van der Waals surface area contributed by atoms with Crippen molar-refractivity contribution >= 4 is 11.6 Å². The van der Waals surface area contributed by atoms with E-state index in [4.69, 9.17) is 16.3 Å². The number of halogens is 1. The van der Waals surface area contributed by atoms with Crippen LogP contribution < -0.4 is 11.2 Å². The maximum absolute atomic E-state index is 11.7. The molecule has 2 rings (SSSR count). The van der Waals surface area contributed by atoms with Crippen molar-refractivity contribution in [1.29, 1.82) is 0 Å². The molecule has 2 atom stereocenters. The molecule has 0 amide bonds. The van der Waals surface area contributed by atoms with Crippen LogP contribution in [0.3, 0.4) is 0 Å². The van der Waals surface area contributed by atoms with Gasteiger partial charge in [0.25, 0.3) is 5.56 Å². The summed E-state index contributed by atoms with van der Waals surface area (Å²) in [5.41, 5.74) is -0.801. The maximum atomic E-state index is 11.7. The number of aromatic amines is 1. The molecular formula is C10H13ClN2O3. The first-order valence-electron chi connectivity index (χ1n) is 5.21. The highest BCUT2D eigenvalue weighted by molar-refractivity contribution is 6.29. The Bertz CT molecular complexity index is 462. The third kappa shape index (κ3) is 2.20. The summed E-state index contributed by atoms with van der Waals surface area (Å²) in [5.74, 6) is 0. The van der Waals surface area contributed by atoms with Gasteiger partial charge < -0.3 is 4.74 Å². The molecule has 1 aromatic rings. The Morgan fingerprint density at radius 3 is 2.94 bits per heavy atom. The topological polar surface area (TPSA) is 64.1 Å². The number of nitrogens with one attached hydrogen (secondary N) is 1. The lowest BCUT2D eigenvalue weighted by Gasteiger charge is -2.27. The molecule has 2 unspecified atom stereocenters. The van der Waals surface area contributed by atoms with Crippen LogP contribution in [0.15, 0.2) is 15.7 Å². The predicted octanol–water partition coefficient (Wildman–Crippen LogP) is 0.930. The molecule has 0 aliphatic carbocycles. The van der Waals surface area contributed by atoms with E-state index in [9.17, 15) is 9.59 Å². The van der Waals surface area contributed by atoms with Gasteiger partial charge >= 0.3 is 5.69 Å². The molecule has 5 nitrogen and oxygen atoms in total. The third-order valence-corrected chi connectivity index (χ3v) is 2.96. The fourth-order valence-electron chi connectivity index (χ4n) is 2.03. The summed E-state index contributed by atoms with van der Waals surface area (Å²) in [6.45, 7) is 2.50. The summed E-state index contributed by atoms with van der Waals surface area (Å²) in [7, 11) is 0. The number of aromatic nitrogens is 2. The lowest BCUT2D eigenvalue weighted by Crippen LogP contribution is -2.40. The van der Waals surface area contributed by atoms with Crippen molar-refractivity contribution in [2.45, 2.75) is 31.9 Å². The van der Waals surface area contributed by atoms with Gasteiger partial charge in [-0.25, -0.2) is 4.79 Å². The zero-order valence-electron chi connectivity index (χ0n) is 8.90. The van der Waals surface area contributed by atoms with Crippen LogP contribution in [0.2, 0.25) is 5.15 Å². The van der Waals surface area contributed by atoms with Gasteiger partial charge in [0.2, 0.25) is 0 Å². The van der Waals surface area contributed by atoms with Gasteiger partial charge in [0, 0.05) is 18.7 Å². The minimum absolute atomic E-state index is 0.0701. The molecule has 6 heteroatoms. The molecule has 1 N–H and O–H groups in total. The second-order valence-electron chi connectivity index (χ2n) is 3.99. The maximum Gasteiger partial charge on any atom is 0.329 e. The highest BCUT2D eigenvalue weighted by Crippen LogP contribution is 2.22. The Hall–Kier alpha value is -1.07. The normalized spacial score (nSPS) is 25.6. The van der Waals surface area contributed by atoms with Crippen molar-refractivity contribution in [3.63, 3.8) is 0 Å². The van der Waals surface area contributed by atoms with Crippen LogP contribution in [0, 0.1) is 0 Å². The van der Waals surface area contributed by atoms with E-state index >= 15 is 0 Å². The lowest BCUT2D eigenvalue weighted by atomic mass is 10.0. The van der Waals surface area contributed by atoms with Crippen LogP contribution in [0.4, 0.5) is 0 Å². The highest BCUT2D eigenvalue weighted by atomic mass is 35.5. The number of hydrogen-bond acceptors (Lipinski definition) is 3. The molecule has 88 valence electrons. The van der Waals surface area contributed by atoms with Crippen LogP contribution in [-0.2, 0) is 4.74 Å². The van der Waals surface area contributed by atoms with Crippen LogP contribution in [0.5, 0.6) is 0 Å². The van der Waals surface area contributed by atoms with Gasteiger partial charge in [0.15, 0.2) is 0 Å². The molecule has 0 spiro atoms. The number of H-pyrrole nitrogens is 1. The van der Waals surface area contributed by atoms with Crippen molar-refractivity contribution in [2.24, 2.45) is 0 Å². The minimum atomic E-state index is -0.448. The Kier molecular flexibility index (Phi) is 3.16. The summed E-state index contributed by atoms with van der Waals surface area (Å²) < 4.78 is 6.61. The van der Waals surface area contributed by atoms with Crippen LogP contribution >= 0.6 is 11.6 Å². The van der Waals surface area contributed by atoms with E-state index in [1.165, 1.54) is 10.6 Å². The van der Waals surface area contributed by atoms with Gasteiger partial charge in [-0.05, 0) is 19.8 Å². The first-order valence-corrected chi connectivity index (χ1v) is 5.58. The van der Waals surface area contributed by atoms with Crippen LogP contribution in [-0.4, -0.2) is 22.3 Å². The largest absolute Gasteiger partial charge is 0.378 e. The van der Waals surface area contributed by atoms with E-state index in [1.54, 1.807) is 0 Å². The molecule has 1 aromatic heterocycles. The molecule has 1 saturated heterocycles. The Morgan fingerprint density at radius 1 is 1.56 bits per heavy atom.